The van der Waals surface area contributed by atoms with Crippen LogP contribution < -0.4 is 10.2 Å². The highest BCUT2D eigenvalue weighted by molar-refractivity contribution is 9.10. The minimum absolute atomic E-state index is 0.103. The van der Waals surface area contributed by atoms with Gasteiger partial charge in [-0.2, -0.15) is 0 Å². The number of hydrogen-bond donors (Lipinski definition) is 2. The Balaban J connectivity index is 1.70. The van der Waals surface area contributed by atoms with Gasteiger partial charge in [0.05, 0.1) is 17.4 Å². The molecule has 1 aliphatic rings. The number of halogens is 2. The van der Waals surface area contributed by atoms with Gasteiger partial charge < -0.3 is 19.9 Å². The number of hydrogen-bond acceptors (Lipinski definition) is 3. The maximum Gasteiger partial charge on any atom is 0.174 e. The maximum atomic E-state index is 10.7. The summed E-state index contributed by atoms with van der Waals surface area (Å²) in [4.78, 5) is 6.50. The molecule has 0 bridgehead atoms. The number of aromatic nitrogens is 2. The molecule has 0 unspecified atom stereocenters. The first kappa shape index (κ1) is 21.0. The molecule has 0 amide bonds. The van der Waals surface area contributed by atoms with Crippen molar-refractivity contribution in [1.29, 1.82) is 0 Å². The third-order valence-corrected chi connectivity index (χ3v) is 6.51. The second-order valence-electron chi connectivity index (χ2n) is 7.41. The summed E-state index contributed by atoms with van der Waals surface area (Å²) >= 11 is 15.6. The van der Waals surface area contributed by atoms with Gasteiger partial charge in [-0.05, 0) is 72.9 Å². The molecule has 1 saturated heterocycles. The highest BCUT2D eigenvalue weighted by atomic mass is 79.9. The van der Waals surface area contributed by atoms with E-state index in [0.717, 1.165) is 21.5 Å². The van der Waals surface area contributed by atoms with E-state index in [0.29, 0.717) is 15.8 Å². The summed E-state index contributed by atoms with van der Waals surface area (Å²) in [5, 5.41) is 15.1. The SMILES string of the molecule is Oc1ccc(Cl)cc1N1C(=S)N[C@@H](c2ccccn2)[C@H]1c1cccn1-c1cccc(Br)c1. The summed E-state index contributed by atoms with van der Waals surface area (Å²) in [6.45, 7) is 0. The van der Waals surface area contributed by atoms with Gasteiger partial charge in [-0.3, -0.25) is 4.98 Å². The second-order valence-corrected chi connectivity index (χ2v) is 9.15. The molecule has 160 valence electrons. The molecule has 2 N–H and O–H groups in total. The maximum absolute atomic E-state index is 10.7. The van der Waals surface area contributed by atoms with E-state index in [-0.39, 0.29) is 17.8 Å². The van der Waals surface area contributed by atoms with Crippen molar-refractivity contribution in [3.63, 3.8) is 0 Å². The Bertz CT molecular complexity index is 1300. The molecule has 2 aromatic carbocycles. The van der Waals surface area contributed by atoms with Crippen LogP contribution in [0, 0.1) is 0 Å². The van der Waals surface area contributed by atoms with E-state index in [9.17, 15) is 5.11 Å². The number of anilines is 1. The summed E-state index contributed by atoms with van der Waals surface area (Å²) in [6.07, 6.45) is 3.79. The zero-order valence-corrected chi connectivity index (χ0v) is 19.8. The molecular formula is C24H18BrClN4OS. The Kier molecular flexibility index (Phi) is 5.63. The molecule has 3 heterocycles. The second kappa shape index (κ2) is 8.58. The number of nitrogens with one attached hydrogen (secondary N) is 1. The first-order chi connectivity index (χ1) is 15.5. The van der Waals surface area contributed by atoms with Crippen molar-refractivity contribution in [2.75, 3.05) is 4.90 Å². The van der Waals surface area contributed by atoms with Crippen molar-refractivity contribution >= 4 is 50.5 Å². The van der Waals surface area contributed by atoms with Gasteiger partial charge in [0.2, 0.25) is 0 Å². The van der Waals surface area contributed by atoms with Gasteiger partial charge in [0, 0.05) is 33.3 Å². The topological polar surface area (TPSA) is 53.3 Å². The number of aromatic hydroxyl groups is 1. The Morgan fingerprint density at radius 1 is 1.03 bits per heavy atom. The molecule has 0 spiro atoms. The molecule has 0 saturated carbocycles. The fraction of sp³-hybridized carbons (Fsp3) is 0.0833. The molecule has 8 heteroatoms. The van der Waals surface area contributed by atoms with Gasteiger partial charge in [-0.15, -0.1) is 0 Å². The first-order valence-electron chi connectivity index (χ1n) is 9.95. The molecule has 2 aromatic heterocycles. The lowest BCUT2D eigenvalue weighted by atomic mass is 10.0. The third kappa shape index (κ3) is 3.77. The van der Waals surface area contributed by atoms with Crippen LogP contribution in [0.4, 0.5) is 5.69 Å². The predicted octanol–water partition coefficient (Wildman–Crippen LogP) is 6.17. The van der Waals surface area contributed by atoms with Crippen molar-refractivity contribution in [3.8, 4) is 11.4 Å². The van der Waals surface area contributed by atoms with Gasteiger partial charge in [0.25, 0.3) is 0 Å². The van der Waals surface area contributed by atoms with Crippen molar-refractivity contribution in [2.24, 2.45) is 0 Å². The van der Waals surface area contributed by atoms with Crippen molar-refractivity contribution in [2.45, 2.75) is 12.1 Å². The van der Waals surface area contributed by atoms with E-state index in [4.69, 9.17) is 23.8 Å². The predicted molar refractivity (Wildman–Crippen MR) is 135 cm³/mol. The average Bonchev–Trinajstić information content (AvgIpc) is 3.40. The summed E-state index contributed by atoms with van der Waals surface area (Å²) < 4.78 is 3.11. The van der Waals surface area contributed by atoms with Gasteiger partial charge in [0.1, 0.15) is 11.8 Å². The molecule has 2 atom stereocenters. The number of phenols is 1. The number of benzene rings is 2. The number of pyridine rings is 1. The summed E-state index contributed by atoms with van der Waals surface area (Å²) in [7, 11) is 0. The summed E-state index contributed by atoms with van der Waals surface area (Å²) in [6, 6.07) is 22.4. The largest absolute Gasteiger partial charge is 0.506 e. The molecule has 1 aliphatic heterocycles. The fourth-order valence-electron chi connectivity index (χ4n) is 4.10. The van der Waals surface area contributed by atoms with E-state index in [2.05, 4.69) is 42.9 Å². The lowest BCUT2D eigenvalue weighted by Crippen LogP contribution is -2.30. The summed E-state index contributed by atoms with van der Waals surface area (Å²) in [5.74, 6) is 0.103. The third-order valence-electron chi connectivity index (χ3n) is 5.46. The number of thiocarbonyl (C=S) groups is 1. The standard InChI is InChI=1S/C24H18BrClN4OS/c25-15-5-3-6-17(13-15)29-12-4-8-19(29)23-22(18-7-1-2-11-27-18)28-24(32)30(23)20-14-16(26)9-10-21(20)31/h1-14,22-23,31H,(H,28,32)/t22-,23+/m0/s1. The van der Waals surface area contributed by atoms with E-state index in [1.54, 1.807) is 24.4 Å². The minimum atomic E-state index is -0.282. The molecule has 0 radical (unpaired) electrons. The monoisotopic (exact) mass is 524 g/mol. The van der Waals surface area contributed by atoms with Crippen LogP contribution in [-0.2, 0) is 0 Å². The zero-order chi connectivity index (χ0) is 22.2. The van der Waals surface area contributed by atoms with E-state index >= 15 is 0 Å². The number of rotatable bonds is 4. The van der Waals surface area contributed by atoms with Crippen molar-refractivity contribution in [1.82, 2.24) is 14.9 Å². The highest BCUT2D eigenvalue weighted by Crippen LogP contribution is 2.45. The van der Waals surface area contributed by atoms with Gasteiger partial charge in [-0.1, -0.05) is 39.7 Å². The molecule has 32 heavy (non-hydrogen) atoms. The minimum Gasteiger partial charge on any atom is -0.506 e. The van der Waals surface area contributed by atoms with Crippen LogP contribution in [-0.4, -0.2) is 19.8 Å². The molecule has 5 nitrogen and oxygen atoms in total. The van der Waals surface area contributed by atoms with Crippen LogP contribution in [0.1, 0.15) is 23.5 Å². The zero-order valence-electron chi connectivity index (χ0n) is 16.7. The fourth-order valence-corrected chi connectivity index (χ4v) is 4.99. The summed E-state index contributed by atoms with van der Waals surface area (Å²) in [5.41, 5.74) is 3.39. The van der Waals surface area contributed by atoms with Gasteiger partial charge in [0.15, 0.2) is 5.11 Å². The van der Waals surface area contributed by atoms with Crippen LogP contribution in [0.15, 0.2) is 89.7 Å². The van der Waals surface area contributed by atoms with Crippen LogP contribution >= 0.6 is 39.7 Å². The van der Waals surface area contributed by atoms with Crippen molar-refractivity contribution < 1.29 is 5.11 Å². The Labute approximate surface area is 204 Å². The first-order valence-corrected chi connectivity index (χ1v) is 11.5. The van der Waals surface area contributed by atoms with Crippen LogP contribution in [0.3, 0.4) is 0 Å². The van der Waals surface area contributed by atoms with E-state index in [1.807, 2.05) is 53.6 Å². The quantitative estimate of drug-likeness (QED) is 0.312. The molecule has 4 aromatic rings. The molecule has 1 fully saturated rings. The van der Waals surface area contributed by atoms with E-state index in [1.165, 1.54) is 0 Å². The Morgan fingerprint density at radius 2 is 1.91 bits per heavy atom. The van der Waals surface area contributed by atoms with Crippen LogP contribution in [0.2, 0.25) is 5.02 Å². The molecular weight excluding hydrogens is 508 g/mol. The molecule has 0 aliphatic carbocycles. The normalized spacial score (nSPS) is 18.1. The van der Waals surface area contributed by atoms with Gasteiger partial charge >= 0.3 is 0 Å². The average molecular weight is 526 g/mol. The Hall–Kier alpha value is -2.87. The van der Waals surface area contributed by atoms with Crippen LogP contribution in [0.25, 0.3) is 5.69 Å². The number of nitrogens with zero attached hydrogens (tertiary/aromatic N) is 3. The van der Waals surface area contributed by atoms with E-state index < -0.39 is 0 Å². The molecule has 5 rings (SSSR count). The van der Waals surface area contributed by atoms with Crippen molar-refractivity contribution in [3.05, 3.63) is 106 Å². The lowest BCUT2D eigenvalue weighted by Gasteiger charge is -2.29. The smallest absolute Gasteiger partial charge is 0.174 e. The lowest BCUT2D eigenvalue weighted by molar-refractivity contribution is 0.472. The Morgan fingerprint density at radius 3 is 2.69 bits per heavy atom. The highest BCUT2D eigenvalue weighted by Gasteiger charge is 2.43. The van der Waals surface area contributed by atoms with Gasteiger partial charge in [-0.25, -0.2) is 0 Å². The number of phenolic OH excluding ortho intramolecular Hbond substituents is 1. The van der Waals surface area contributed by atoms with Crippen LogP contribution in [0.5, 0.6) is 5.75 Å².